The van der Waals surface area contributed by atoms with E-state index in [1.807, 2.05) is 0 Å². The first kappa shape index (κ1) is 28.0. The lowest BCUT2D eigenvalue weighted by molar-refractivity contribution is -0.143. The van der Waals surface area contributed by atoms with Crippen LogP contribution in [0.25, 0.3) is 0 Å². The summed E-state index contributed by atoms with van der Waals surface area (Å²) in [6.07, 6.45) is 10.4. The Kier molecular flexibility index (Phi) is 7.47. The van der Waals surface area contributed by atoms with Crippen LogP contribution in [0.3, 0.4) is 0 Å². The van der Waals surface area contributed by atoms with Crippen molar-refractivity contribution in [2.45, 2.75) is 102 Å². The van der Waals surface area contributed by atoms with Crippen LogP contribution in [0.2, 0.25) is 0 Å². The Morgan fingerprint density at radius 2 is 1.63 bits per heavy atom. The van der Waals surface area contributed by atoms with Gasteiger partial charge in [0.2, 0.25) is 5.91 Å². The average Bonchev–Trinajstić information content (AvgIpc) is 3.38. The zero-order valence-electron chi connectivity index (χ0n) is 23.4. The summed E-state index contributed by atoms with van der Waals surface area (Å²) in [6, 6.07) is 3.78. The van der Waals surface area contributed by atoms with E-state index in [4.69, 9.17) is 0 Å². The number of hydrogen-bond donors (Lipinski definition) is 0. The standard InChI is InChI=1S/C30H44F2N2O3S/c1-29(2,3)33-17-25(24-13-10-21(31)14-27(24)32)26(18-33)28(35)34-22-11-12-23(34)16-30(15-22,19-38(4,36)37)20-8-6-5-7-9-20/h10,13-14,20,22-23,25-26H,5-9,11-12,15-19H2,1-4H3/t22?,23?,25-,26?,30?/m0/s1. The third-order valence-corrected chi connectivity index (χ3v) is 11.2. The molecule has 38 heavy (non-hydrogen) atoms. The molecule has 3 aliphatic heterocycles. The molecule has 1 saturated carbocycles. The molecule has 0 radical (unpaired) electrons. The van der Waals surface area contributed by atoms with Crippen LogP contribution in [0.15, 0.2) is 18.2 Å². The van der Waals surface area contributed by atoms with E-state index in [2.05, 4.69) is 30.6 Å². The fraction of sp³-hybridized carbons (Fsp3) is 0.767. The molecule has 0 spiro atoms. The first-order valence-electron chi connectivity index (χ1n) is 14.5. The molecule has 3 unspecified atom stereocenters. The number of carbonyl (C=O) groups excluding carboxylic acids is 1. The molecular formula is C30H44F2N2O3S. The van der Waals surface area contributed by atoms with Gasteiger partial charge >= 0.3 is 0 Å². The van der Waals surface area contributed by atoms with Gasteiger partial charge in [-0.3, -0.25) is 9.69 Å². The molecule has 0 aromatic heterocycles. The fourth-order valence-corrected chi connectivity index (χ4v) is 9.98. The van der Waals surface area contributed by atoms with Crippen molar-refractivity contribution in [2.24, 2.45) is 17.3 Å². The number of carbonyl (C=O) groups is 1. The van der Waals surface area contributed by atoms with Crippen molar-refractivity contribution in [3.63, 3.8) is 0 Å². The summed E-state index contributed by atoms with van der Waals surface area (Å²) >= 11 is 0. The number of piperidine rings is 1. The average molecular weight is 551 g/mol. The van der Waals surface area contributed by atoms with Crippen LogP contribution >= 0.6 is 0 Å². The predicted octanol–water partition coefficient (Wildman–Crippen LogP) is 5.54. The molecule has 2 bridgehead atoms. The van der Waals surface area contributed by atoms with E-state index >= 15 is 0 Å². The Labute approximate surface area is 227 Å². The molecule has 1 amide bonds. The molecule has 1 aromatic rings. The molecule has 8 heteroatoms. The second-order valence-electron chi connectivity index (χ2n) is 13.8. The molecule has 4 fully saturated rings. The number of sulfone groups is 1. The molecule has 4 atom stereocenters. The van der Waals surface area contributed by atoms with Crippen molar-refractivity contribution in [1.82, 2.24) is 9.80 Å². The number of amides is 1. The number of halogens is 2. The third-order valence-electron chi connectivity index (χ3n) is 10.1. The van der Waals surface area contributed by atoms with Crippen molar-refractivity contribution >= 4 is 15.7 Å². The largest absolute Gasteiger partial charge is 0.336 e. The lowest BCUT2D eigenvalue weighted by atomic mass is 9.63. The van der Waals surface area contributed by atoms with Gasteiger partial charge in [0.15, 0.2) is 0 Å². The van der Waals surface area contributed by atoms with E-state index in [-0.39, 0.29) is 40.6 Å². The number of benzene rings is 1. The van der Waals surface area contributed by atoms with Gasteiger partial charge in [-0.15, -0.1) is 0 Å². The zero-order valence-corrected chi connectivity index (χ0v) is 24.2. The number of nitrogens with zero attached hydrogens (tertiary/aromatic N) is 2. The lowest BCUT2D eigenvalue weighted by Crippen LogP contribution is -2.56. The third kappa shape index (κ3) is 5.41. The maximum atomic E-state index is 15.0. The number of fused-ring (bicyclic) bond motifs is 2. The summed E-state index contributed by atoms with van der Waals surface area (Å²) in [5.41, 5.74) is -0.0304. The highest BCUT2D eigenvalue weighted by atomic mass is 32.2. The molecule has 0 N–H and O–H groups in total. The Morgan fingerprint density at radius 1 is 1.00 bits per heavy atom. The van der Waals surface area contributed by atoms with Gasteiger partial charge in [0.05, 0.1) is 11.7 Å². The van der Waals surface area contributed by atoms with Crippen LogP contribution in [0.4, 0.5) is 8.78 Å². The van der Waals surface area contributed by atoms with E-state index in [0.29, 0.717) is 24.6 Å². The molecule has 3 saturated heterocycles. The van der Waals surface area contributed by atoms with Gasteiger partial charge < -0.3 is 4.90 Å². The molecule has 5 rings (SSSR count). The Bertz CT molecular complexity index is 1140. The van der Waals surface area contributed by atoms with E-state index in [9.17, 15) is 22.0 Å². The van der Waals surface area contributed by atoms with E-state index in [1.54, 1.807) is 0 Å². The van der Waals surface area contributed by atoms with Crippen molar-refractivity contribution in [3.8, 4) is 0 Å². The summed E-state index contributed by atoms with van der Waals surface area (Å²) < 4.78 is 54.0. The summed E-state index contributed by atoms with van der Waals surface area (Å²) in [5, 5.41) is 0. The summed E-state index contributed by atoms with van der Waals surface area (Å²) in [7, 11) is -3.16. The smallest absolute Gasteiger partial charge is 0.228 e. The zero-order chi connectivity index (χ0) is 27.5. The maximum Gasteiger partial charge on any atom is 0.228 e. The summed E-state index contributed by atoms with van der Waals surface area (Å²) in [5.74, 6) is -1.28. The minimum atomic E-state index is -3.16. The number of likely N-dealkylation sites (tertiary alicyclic amines) is 1. The van der Waals surface area contributed by atoms with Crippen LogP contribution in [0.5, 0.6) is 0 Å². The Balaban J connectivity index is 1.44. The molecule has 212 valence electrons. The summed E-state index contributed by atoms with van der Waals surface area (Å²) in [6.45, 7) is 7.40. The van der Waals surface area contributed by atoms with Crippen molar-refractivity contribution in [2.75, 3.05) is 25.1 Å². The first-order chi connectivity index (χ1) is 17.8. The SMILES string of the molecule is CC(C)(C)N1CC(C(=O)N2C3CCC2CC(CS(C)(=O)=O)(C2CCCCC2)C3)[C@H](c2ccc(F)cc2F)C1. The molecular weight excluding hydrogens is 506 g/mol. The van der Waals surface area contributed by atoms with Crippen LogP contribution in [0.1, 0.15) is 90.0 Å². The fourth-order valence-electron chi connectivity index (χ4n) is 8.46. The van der Waals surface area contributed by atoms with Crippen LogP contribution in [0, 0.1) is 28.9 Å². The van der Waals surface area contributed by atoms with Gasteiger partial charge in [-0.25, -0.2) is 17.2 Å². The second kappa shape index (κ2) is 10.1. The van der Waals surface area contributed by atoms with Crippen LogP contribution in [-0.4, -0.2) is 66.8 Å². The molecule has 5 nitrogen and oxygen atoms in total. The number of rotatable bonds is 5. The van der Waals surface area contributed by atoms with E-state index in [1.165, 1.54) is 24.8 Å². The van der Waals surface area contributed by atoms with Crippen LogP contribution in [-0.2, 0) is 14.6 Å². The van der Waals surface area contributed by atoms with Gasteiger partial charge in [-0.05, 0) is 82.3 Å². The monoisotopic (exact) mass is 550 g/mol. The van der Waals surface area contributed by atoms with Crippen molar-refractivity contribution in [3.05, 3.63) is 35.4 Å². The molecule has 4 aliphatic rings. The topological polar surface area (TPSA) is 57.7 Å². The van der Waals surface area contributed by atoms with E-state index < -0.39 is 27.4 Å². The van der Waals surface area contributed by atoms with Gasteiger partial charge in [-0.1, -0.05) is 25.3 Å². The van der Waals surface area contributed by atoms with Crippen molar-refractivity contribution in [1.29, 1.82) is 0 Å². The first-order valence-corrected chi connectivity index (χ1v) is 16.5. The molecule has 1 aliphatic carbocycles. The molecule has 1 aromatic carbocycles. The predicted molar refractivity (Wildman–Crippen MR) is 146 cm³/mol. The highest BCUT2D eigenvalue weighted by Crippen LogP contribution is 2.54. The van der Waals surface area contributed by atoms with Crippen molar-refractivity contribution < 1.29 is 22.0 Å². The van der Waals surface area contributed by atoms with Gasteiger partial charge in [0.1, 0.15) is 21.5 Å². The van der Waals surface area contributed by atoms with Gasteiger partial charge in [0.25, 0.3) is 0 Å². The Hall–Kier alpha value is -1.54. The minimum absolute atomic E-state index is 0.0346. The quantitative estimate of drug-likeness (QED) is 0.483. The van der Waals surface area contributed by atoms with Gasteiger partial charge in [0, 0.05) is 49.0 Å². The van der Waals surface area contributed by atoms with Crippen LogP contribution < -0.4 is 0 Å². The second-order valence-corrected chi connectivity index (χ2v) is 15.9. The van der Waals surface area contributed by atoms with E-state index in [0.717, 1.165) is 57.4 Å². The van der Waals surface area contributed by atoms with Gasteiger partial charge in [-0.2, -0.15) is 0 Å². The highest BCUT2D eigenvalue weighted by Gasteiger charge is 2.56. The minimum Gasteiger partial charge on any atom is -0.336 e. The summed E-state index contributed by atoms with van der Waals surface area (Å²) in [4.78, 5) is 18.7. The maximum absolute atomic E-state index is 15.0. The molecule has 3 heterocycles. The normalized spacial score (nSPS) is 33.2. The lowest BCUT2D eigenvalue weighted by Gasteiger charge is -2.51. The Morgan fingerprint density at radius 3 is 2.18 bits per heavy atom. The number of hydrogen-bond acceptors (Lipinski definition) is 4. The highest BCUT2D eigenvalue weighted by molar-refractivity contribution is 7.90.